The van der Waals surface area contributed by atoms with E-state index in [1.807, 2.05) is 0 Å². The Kier molecular flexibility index (Phi) is 4.56. The van der Waals surface area contributed by atoms with Gasteiger partial charge in [0.2, 0.25) is 5.76 Å². The minimum Gasteiger partial charge on any atom is -0.480 e. The third-order valence-electron chi connectivity index (χ3n) is 4.55. The Morgan fingerprint density at radius 1 is 1.30 bits per heavy atom. The quantitative estimate of drug-likeness (QED) is 0.570. The van der Waals surface area contributed by atoms with Gasteiger partial charge in [-0.15, -0.1) is 11.3 Å². The molecule has 14 heteroatoms. The Balaban J connectivity index is 1.58. The lowest BCUT2D eigenvalue weighted by molar-refractivity contribution is -0.155. The minimum absolute atomic E-state index is 0.0238. The summed E-state index contributed by atoms with van der Waals surface area (Å²) in [6, 6.07) is 4.58. The van der Waals surface area contributed by atoms with Gasteiger partial charge in [-0.05, 0) is 25.5 Å². The van der Waals surface area contributed by atoms with E-state index in [0.717, 1.165) is 6.07 Å². The molecule has 160 valence electrons. The number of hydrogen-bond donors (Lipinski definition) is 2. The summed E-state index contributed by atoms with van der Waals surface area (Å²) >= 11 is 0.631. The van der Waals surface area contributed by atoms with Crippen molar-refractivity contribution in [2.24, 2.45) is 0 Å². The highest BCUT2D eigenvalue weighted by molar-refractivity contribution is 7.91. The number of thiophene rings is 1. The van der Waals surface area contributed by atoms with Gasteiger partial charge in [0.1, 0.15) is 21.2 Å². The van der Waals surface area contributed by atoms with Crippen LogP contribution in [0.1, 0.15) is 29.6 Å². The van der Waals surface area contributed by atoms with Crippen molar-refractivity contribution in [3.05, 3.63) is 41.5 Å². The largest absolute Gasteiger partial charge is 0.480 e. The Morgan fingerprint density at radius 3 is 2.60 bits per heavy atom. The highest BCUT2D eigenvalue weighted by atomic mass is 32.2. The number of carboxylic acid groups (broad SMARTS) is 1. The van der Waals surface area contributed by atoms with Gasteiger partial charge in [-0.3, -0.25) is 4.79 Å². The Bertz CT molecular complexity index is 1230. The van der Waals surface area contributed by atoms with Crippen molar-refractivity contribution in [3.63, 3.8) is 0 Å². The zero-order valence-corrected chi connectivity index (χ0v) is 16.6. The summed E-state index contributed by atoms with van der Waals surface area (Å²) in [5, 5.41) is 16.7. The van der Waals surface area contributed by atoms with E-state index in [0.29, 0.717) is 28.9 Å². The first kappa shape index (κ1) is 20.6. The second-order valence-corrected chi connectivity index (χ2v) is 9.69. The van der Waals surface area contributed by atoms with Crippen LogP contribution in [-0.2, 0) is 21.0 Å². The van der Waals surface area contributed by atoms with E-state index in [1.165, 1.54) is 12.1 Å². The molecule has 0 bridgehead atoms. The van der Waals surface area contributed by atoms with E-state index >= 15 is 0 Å². The monoisotopic (exact) mass is 463 g/mol. The van der Waals surface area contributed by atoms with E-state index in [1.54, 1.807) is 6.92 Å². The molecule has 9 nitrogen and oxygen atoms in total. The van der Waals surface area contributed by atoms with Crippen LogP contribution in [0.4, 0.5) is 13.2 Å². The van der Waals surface area contributed by atoms with E-state index in [4.69, 9.17) is 4.52 Å². The second kappa shape index (κ2) is 6.65. The van der Waals surface area contributed by atoms with Gasteiger partial charge in [0.05, 0.1) is 10.6 Å². The number of nitrogens with one attached hydrogen (secondary N) is 1. The highest BCUT2D eigenvalue weighted by Crippen LogP contribution is 2.52. The van der Waals surface area contributed by atoms with Crippen LogP contribution in [0.2, 0.25) is 0 Å². The number of carbonyl (C=O) groups is 1. The summed E-state index contributed by atoms with van der Waals surface area (Å²) in [5.41, 5.74) is -1.67. The summed E-state index contributed by atoms with van der Waals surface area (Å²) in [4.78, 5) is 11.9. The van der Waals surface area contributed by atoms with Crippen LogP contribution in [-0.4, -0.2) is 35.3 Å². The van der Waals surface area contributed by atoms with Crippen LogP contribution in [0, 0.1) is 6.92 Å². The summed E-state index contributed by atoms with van der Waals surface area (Å²) < 4.78 is 74.5. The average molecular weight is 463 g/mol. The average Bonchev–Trinajstić information content (AvgIpc) is 3.12. The molecule has 1 aliphatic rings. The first-order valence-corrected chi connectivity index (χ1v) is 10.6. The van der Waals surface area contributed by atoms with E-state index in [-0.39, 0.29) is 21.2 Å². The van der Waals surface area contributed by atoms with Crippen LogP contribution >= 0.6 is 11.3 Å². The molecule has 0 saturated heterocycles. The second-order valence-electron chi connectivity index (χ2n) is 6.69. The van der Waals surface area contributed by atoms with E-state index in [9.17, 15) is 31.5 Å². The number of alkyl halides is 3. The van der Waals surface area contributed by atoms with Crippen molar-refractivity contribution in [2.75, 3.05) is 0 Å². The van der Waals surface area contributed by atoms with Crippen molar-refractivity contribution in [1.82, 2.24) is 15.0 Å². The van der Waals surface area contributed by atoms with Gasteiger partial charge >= 0.3 is 12.1 Å². The van der Waals surface area contributed by atoms with Gasteiger partial charge in [-0.25, -0.2) is 8.42 Å². The topological polar surface area (TPSA) is 136 Å². The molecule has 3 aromatic rings. The summed E-state index contributed by atoms with van der Waals surface area (Å²) in [7, 11) is -4.29. The van der Waals surface area contributed by atoms with Crippen LogP contribution < -0.4 is 4.72 Å². The van der Waals surface area contributed by atoms with Crippen LogP contribution in [0.5, 0.6) is 0 Å². The van der Waals surface area contributed by atoms with Crippen molar-refractivity contribution < 1.29 is 40.5 Å². The van der Waals surface area contributed by atoms with Gasteiger partial charge in [-0.2, -0.15) is 17.9 Å². The maximum absolute atomic E-state index is 12.8. The molecule has 30 heavy (non-hydrogen) atoms. The lowest BCUT2D eigenvalue weighted by Gasteiger charge is -2.13. The number of aromatic nitrogens is 2. The molecule has 1 fully saturated rings. The molecule has 0 aromatic carbocycles. The molecule has 4 rings (SSSR count). The zero-order valence-electron chi connectivity index (χ0n) is 14.9. The lowest BCUT2D eigenvalue weighted by Crippen LogP contribution is -2.44. The molecule has 2 unspecified atom stereocenters. The van der Waals surface area contributed by atoms with Crippen LogP contribution in [0.3, 0.4) is 0 Å². The first-order valence-electron chi connectivity index (χ1n) is 8.27. The Labute approximate surface area is 170 Å². The third kappa shape index (κ3) is 3.50. The van der Waals surface area contributed by atoms with Crippen LogP contribution in [0.15, 0.2) is 37.5 Å². The molecule has 0 amide bonds. The van der Waals surface area contributed by atoms with Gasteiger partial charge < -0.3 is 14.2 Å². The standard InChI is InChI=1S/C16H12F3N3O6S2/c1-7-4-9(20-27-7)8-6-15(8,14(23)24)22-30(25,26)13-3-2-11(29-13)10-5-12(28-21-10)16(17,18)19/h2-5,8,22H,6H2,1H3,(H,23,24). The highest BCUT2D eigenvalue weighted by Gasteiger charge is 2.64. The summed E-state index contributed by atoms with van der Waals surface area (Å²) in [6.07, 6.45) is -4.75. The van der Waals surface area contributed by atoms with Gasteiger partial charge in [-0.1, -0.05) is 10.3 Å². The molecular weight excluding hydrogens is 451 g/mol. The molecule has 0 radical (unpaired) electrons. The van der Waals surface area contributed by atoms with Crippen molar-refractivity contribution >= 4 is 27.3 Å². The predicted octanol–water partition coefficient (Wildman–Crippen LogP) is 3.01. The molecule has 3 aromatic heterocycles. The van der Waals surface area contributed by atoms with Gasteiger partial charge in [0.15, 0.2) is 0 Å². The fraction of sp³-hybridized carbons (Fsp3) is 0.312. The number of hydrogen-bond acceptors (Lipinski definition) is 8. The predicted molar refractivity (Wildman–Crippen MR) is 94.1 cm³/mol. The number of aliphatic carboxylic acids is 1. The number of carboxylic acids is 1. The summed E-state index contributed by atoms with van der Waals surface area (Å²) in [5.74, 6) is -2.96. The van der Waals surface area contributed by atoms with Gasteiger partial charge in [0.25, 0.3) is 10.0 Å². The number of nitrogens with zero attached hydrogens (tertiary/aromatic N) is 2. The molecule has 3 heterocycles. The van der Waals surface area contributed by atoms with Crippen molar-refractivity contribution in [1.29, 1.82) is 0 Å². The molecular formula is C16H12F3N3O6S2. The number of aryl methyl sites for hydroxylation is 1. The molecule has 2 atom stereocenters. The van der Waals surface area contributed by atoms with E-state index in [2.05, 4.69) is 19.6 Å². The smallest absolute Gasteiger partial charge is 0.452 e. The lowest BCUT2D eigenvalue weighted by atomic mass is 10.2. The number of rotatable bonds is 6. The maximum atomic E-state index is 12.8. The van der Waals surface area contributed by atoms with Gasteiger partial charge in [0, 0.05) is 18.1 Å². The molecule has 0 aliphatic heterocycles. The first-order chi connectivity index (χ1) is 13.9. The zero-order chi connectivity index (χ0) is 21.9. The van der Waals surface area contributed by atoms with Crippen molar-refractivity contribution in [3.8, 4) is 10.6 Å². The summed E-state index contributed by atoms with van der Waals surface area (Å²) in [6.45, 7) is 1.62. The SMILES string of the molecule is Cc1cc(C2CC2(NS(=O)(=O)c2ccc(-c3cc(C(F)(F)F)on3)s2)C(=O)O)no1. The van der Waals surface area contributed by atoms with Crippen LogP contribution in [0.25, 0.3) is 10.6 Å². The molecule has 2 N–H and O–H groups in total. The molecule has 1 saturated carbocycles. The minimum atomic E-state index is -4.73. The molecule has 0 spiro atoms. The maximum Gasteiger partial charge on any atom is 0.452 e. The Hall–Kier alpha value is -2.71. The third-order valence-corrected chi connectivity index (χ3v) is 7.66. The normalized spacial score (nSPS) is 21.7. The van der Waals surface area contributed by atoms with Crippen molar-refractivity contribution in [2.45, 2.75) is 35.2 Å². The fourth-order valence-electron chi connectivity index (χ4n) is 2.98. The Morgan fingerprint density at radius 2 is 2.03 bits per heavy atom. The van der Waals surface area contributed by atoms with E-state index < -0.39 is 39.4 Å². The number of sulfonamides is 1. The number of halogens is 3. The molecule has 1 aliphatic carbocycles. The fourth-order valence-corrected chi connectivity index (χ4v) is 5.64.